The van der Waals surface area contributed by atoms with Crippen LogP contribution in [0.25, 0.3) is 0 Å². The predicted octanol–water partition coefficient (Wildman–Crippen LogP) is 2.19. The van der Waals surface area contributed by atoms with E-state index in [1.165, 1.54) is 0 Å². The highest BCUT2D eigenvalue weighted by Gasteiger charge is 2.20. The number of hydrogen-bond donors (Lipinski definition) is 1. The summed E-state index contributed by atoms with van der Waals surface area (Å²) in [7, 11) is 0. The van der Waals surface area contributed by atoms with Crippen LogP contribution >= 0.6 is 23.2 Å². The fourth-order valence-electron chi connectivity index (χ4n) is 1.84. The standard InChI is InChI=1S/C10H13Cl2N3/c1-7-6-15(3-2-14-7)10-8(11)4-13-5-9(10)12/h4-5,7,14H,2-3,6H2,1H3. The Morgan fingerprint density at radius 3 is 2.67 bits per heavy atom. The summed E-state index contributed by atoms with van der Waals surface area (Å²) in [5.74, 6) is 0. The van der Waals surface area contributed by atoms with Crippen molar-refractivity contribution < 1.29 is 0 Å². The van der Waals surface area contributed by atoms with Gasteiger partial charge in [-0.3, -0.25) is 4.98 Å². The maximum atomic E-state index is 6.10. The maximum Gasteiger partial charge on any atom is 0.0838 e. The molecule has 2 rings (SSSR count). The number of piperazine rings is 1. The summed E-state index contributed by atoms with van der Waals surface area (Å²) >= 11 is 12.2. The van der Waals surface area contributed by atoms with Crippen LogP contribution in [0.2, 0.25) is 10.0 Å². The Hall–Kier alpha value is -0.510. The SMILES string of the molecule is CC1CN(c2c(Cl)cncc2Cl)CCN1. The Kier molecular flexibility index (Phi) is 3.34. The molecule has 1 aliphatic rings. The van der Waals surface area contributed by atoms with E-state index < -0.39 is 0 Å². The molecule has 0 aliphatic carbocycles. The van der Waals surface area contributed by atoms with Gasteiger partial charge in [0.2, 0.25) is 0 Å². The second-order valence-corrected chi connectivity index (χ2v) is 4.57. The van der Waals surface area contributed by atoms with Gasteiger partial charge in [0.1, 0.15) is 0 Å². The van der Waals surface area contributed by atoms with Crippen molar-refractivity contribution in [2.24, 2.45) is 0 Å². The molecule has 1 saturated heterocycles. The van der Waals surface area contributed by atoms with E-state index in [2.05, 4.69) is 22.1 Å². The number of hydrogen-bond acceptors (Lipinski definition) is 3. The summed E-state index contributed by atoms with van der Waals surface area (Å²) in [6, 6.07) is 0.457. The third-order valence-corrected chi connectivity index (χ3v) is 3.07. The van der Waals surface area contributed by atoms with Crippen LogP contribution in [-0.4, -0.2) is 30.7 Å². The average Bonchev–Trinajstić information content (AvgIpc) is 2.17. The Labute approximate surface area is 99.4 Å². The molecule has 0 radical (unpaired) electrons. The lowest BCUT2D eigenvalue weighted by Gasteiger charge is -2.34. The summed E-state index contributed by atoms with van der Waals surface area (Å²) in [6.07, 6.45) is 3.27. The van der Waals surface area contributed by atoms with Gasteiger partial charge in [-0.2, -0.15) is 0 Å². The molecule has 0 aromatic carbocycles. The minimum atomic E-state index is 0.457. The minimum Gasteiger partial charge on any atom is -0.366 e. The molecule has 1 unspecified atom stereocenters. The summed E-state index contributed by atoms with van der Waals surface area (Å²) in [4.78, 5) is 6.15. The highest BCUT2D eigenvalue weighted by atomic mass is 35.5. The molecule has 1 atom stereocenters. The van der Waals surface area contributed by atoms with Gasteiger partial charge >= 0.3 is 0 Å². The zero-order valence-electron chi connectivity index (χ0n) is 8.50. The second kappa shape index (κ2) is 4.56. The quantitative estimate of drug-likeness (QED) is 0.823. The van der Waals surface area contributed by atoms with E-state index in [1.54, 1.807) is 12.4 Å². The molecule has 5 heteroatoms. The Balaban J connectivity index is 2.28. The van der Waals surface area contributed by atoms with Crippen molar-refractivity contribution >= 4 is 28.9 Å². The Morgan fingerprint density at radius 1 is 1.40 bits per heavy atom. The van der Waals surface area contributed by atoms with Gasteiger partial charge in [0.25, 0.3) is 0 Å². The third kappa shape index (κ3) is 2.36. The van der Waals surface area contributed by atoms with E-state index in [9.17, 15) is 0 Å². The summed E-state index contributed by atoms with van der Waals surface area (Å²) < 4.78 is 0. The van der Waals surface area contributed by atoms with Gasteiger partial charge in [-0.25, -0.2) is 0 Å². The van der Waals surface area contributed by atoms with Crippen molar-refractivity contribution in [3.63, 3.8) is 0 Å². The van der Waals surface area contributed by atoms with Crippen LogP contribution in [0.5, 0.6) is 0 Å². The molecule has 15 heavy (non-hydrogen) atoms. The number of aromatic nitrogens is 1. The van der Waals surface area contributed by atoms with Crippen LogP contribution in [0.15, 0.2) is 12.4 Å². The van der Waals surface area contributed by atoms with E-state index >= 15 is 0 Å². The summed E-state index contributed by atoms with van der Waals surface area (Å²) in [5, 5.41) is 4.62. The fraction of sp³-hybridized carbons (Fsp3) is 0.500. The van der Waals surface area contributed by atoms with E-state index in [1.807, 2.05) is 0 Å². The maximum absolute atomic E-state index is 6.10. The molecule has 0 bridgehead atoms. The molecule has 82 valence electrons. The van der Waals surface area contributed by atoms with Gasteiger partial charge in [0.15, 0.2) is 0 Å². The monoisotopic (exact) mass is 245 g/mol. The third-order valence-electron chi connectivity index (χ3n) is 2.51. The first-order chi connectivity index (χ1) is 7.18. The first-order valence-electron chi connectivity index (χ1n) is 4.96. The molecule has 0 spiro atoms. The van der Waals surface area contributed by atoms with Gasteiger partial charge in [-0.15, -0.1) is 0 Å². The zero-order chi connectivity index (χ0) is 10.8. The topological polar surface area (TPSA) is 28.2 Å². The number of halogens is 2. The van der Waals surface area contributed by atoms with Crippen molar-refractivity contribution in [1.82, 2.24) is 10.3 Å². The number of nitrogens with one attached hydrogen (secondary N) is 1. The van der Waals surface area contributed by atoms with Crippen molar-refractivity contribution in [2.75, 3.05) is 24.5 Å². The molecule has 1 aliphatic heterocycles. The number of anilines is 1. The zero-order valence-corrected chi connectivity index (χ0v) is 10.0. The molecule has 1 aromatic rings. The van der Waals surface area contributed by atoms with Crippen LogP contribution in [0.1, 0.15) is 6.92 Å². The van der Waals surface area contributed by atoms with Crippen molar-refractivity contribution in [1.29, 1.82) is 0 Å². The van der Waals surface area contributed by atoms with Crippen LogP contribution in [0, 0.1) is 0 Å². The van der Waals surface area contributed by atoms with Gasteiger partial charge in [0, 0.05) is 38.1 Å². The largest absolute Gasteiger partial charge is 0.366 e. The fourth-order valence-corrected chi connectivity index (χ4v) is 2.45. The first-order valence-corrected chi connectivity index (χ1v) is 5.71. The van der Waals surface area contributed by atoms with Crippen LogP contribution in [0.3, 0.4) is 0 Å². The van der Waals surface area contributed by atoms with Gasteiger partial charge < -0.3 is 10.2 Å². The molecule has 1 fully saturated rings. The first kappa shape index (κ1) is 11.0. The molecule has 1 aromatic heterocycles. The lowest BCUT2D eigenvalue weighted by atomic mass is 10.2. The second-order valence-electron chi connectivity index (χ2n) is 3.75. The predicted molar refractivity (Wildman–Crippen MR) is 63.9 cm³/mol. The normalized spacial score (nSPS) is 21.8. The van der Waals surface area contributed by atoms with Gasteiger partial charge in [0.05, 0.1) is 15.7 Å². The lowest BCUT2D eigenvalue weighted by Crippen LogP contribution is -2.49. The lowest BCUT2D eigenvalue weighted by molar-refractivity contribution is 0.485. The Bertz CT molecular complexity index is 336. The van der Waals surface area contributed by atoms with E-state index in [0.29, 0.717) is 16.1 Å². The van der Waals surface area contributed by atoms with Crippen LogP contribution in [-0.2, 0) is 0 Å². The molecule has 2 heterocycles. The Morgan fingerprint density at radius 2 is 2.07 bits per heavy atom. The van der Waals surface area contributed by atoms with Crippen LogP contribution in [0.4, 0.5) is 5.69 Å². The molecule has 0 amide bonds. The van der Waals surface area contributed by atoms with E-state index in [0.717, 1.165) is 25.3 Å². The van der Waals surface area contributed by atoms with E-state index in [4.69, 9.17) is 23.2 Å². The summed E-state index contributed by atoms with van der Waals surface area (Å²) in [5.41, 5.74) is 0.904. The number of rotatable bonds is 1. The summed E-state index contributed by atoms with van der Waals surface area (Å²) in [6.45, 7) is 4.95. The van der Waals surface area contributed by atoms with Gasteiger partial charge in [-0.05, 0) is 6.92 Å². The van der Waals surface area contributed by atoms with Gasteiger partial charge in [-0.1, -0.05) is 23.2 Å². The minimum absolute atomic E-state index is 0.457. The van der Waals surface area contributed by atoms with Crippen LogP contribution < -0.4 is 10.2 Å². The smallest absolute Gasteiger partial charge is 0.0838 e. The average molecular weight is 246 g/mol. The molecule has 1 N–H and O–H groups in total. The molecule has 0 saturated carbocycles. The van der Waals surface area contributed by atoms with E-state index in [-0.39, 0.29) is 0 Å². The van der Waals surface area contributed by atoms with Crippen molar-refractivity contribution in [3.8, 4) is 0 Å². The molecular formula is C10H13Cl2N3. The highest BCUT2D eigenvalue weighted by Crippen LogP contribution is 2.32. The molecule has 3 nitrogen and oxygen atoms in total. The number of pyridine rings is 1. The molecular weight excluding hydrogens is 233 g/mol. The van der Waals surface area contributed by atoms with Crippen molar-refractivity contribution in [3.05, 3.63) is 22.4 Å². The van der Waals surface area contributed by atoms with Crippen molar-refractivity contribution in [2.45, 2.75) is 13.0 Å². The highest BCUT2D eigenvalue weighted by molar-refractivity contribution is 6.38. The number of nitrogens with zero attached hydrogens (tertiary/aromatic N) is 2.